The fourth-order valence-electron chi connectivity index (χ4n) is 4.84. The van der Waals surface area contributed by atoms with Crippen molar-refractivity contribution in [2.24, 2.45) is 5.73 Å². The molecule has 0 spiro atoms. The minimum Gasteiger partial charge on any atom is -0.369 e. The van der Waals surface area contributed by atoms with E-state index in [0.717, 1.165) is 32.6 Å². The Kier molecular flexibility index (Phi) is 9.09. The number of carbonyl (C=O) groups excluding carboxylic acids is 1. The van der Waals surface area contributed by atoms with Gasteiger partial charge in [0.2, 0.25) is 5.91 Å². The molecule has 1 atom stereocenters. The van der Waals surface area contributed by atoms with Gasteiger partial charge in [0.15, 0.2) is 0 Å². The van der Waals surface area contributed by atoms with Crippen molar-refractivity contribution in [2.45, 2.75) is 83.7 Å². The van der Waals surface area contributed by atoms with Crippen molar-refractivity contribution in [1.82, 2.24) is 9.80 Å². The van der Waals surface area contributed by atoms with Gasteiger partial charge in [-0.25, -0.2) is 4.39 Å². The first kappa shape index (κ1) is 23.8. The van der Waals surface area contributed by atoms with Gasteiger partial charge in [0, 0.05) is 24.2 Å². The third kappa shape index (κ3) is 6.26. The molecule has 1 unspecified atom stereocenters. The number of nitrogens with zero attached hydrogens (tertiary/aromatic N) is 2. The fourth-order valence-corrected chi connectivity index (χ4v) is 4.84. The number of primary amides is 1. The van der Waals surface area contributed by atoms with Crippen molar-refractivity contribution < 1.29 is 9.18 Å². The SMILES string of the molecule is CC(C)N(CCC(CCCN1CCCCC1)(C(N)=O)c1ccccc1F)C(C)C. The first-order chi connectivity index (χ1) is 13.8. The normalized spacial score (nSPS) is 17.8. The van der Waals surface area contributed by atoms with Crippen molar-refractivity contribution in [3.8, 4) is 0 Å². The lowest BCUT2D eigenvalue weighted by Gasteiger charge is -2.37. The van der Waals surface area contributed by atoms with Crippen LogP contribution in [0.1, 0.15) is 71.8 Å². The number of halogens is 1. The Morgan fingerprint density at radius 2 is 1.72 bits per heavy atom. The van der Waals surface area contributed by atoms with Crippen molar-refractivity contribution in [2.75, 3.05) is 26.2 Å². The topological polar surface area (TPSA) is 49.6 Å². The van der Waals surface area contributed by atoms with Gasteiger partial charge in [0.05, 0.1) is 5.41 Å². The summed E-state index contributed by atoms with van der Waals surface area (Å²) >= 11 is 0. The zero-order valence-corrected chi connectivity index (χ0v) is 18.8. The van der Waals surface area contributed by atoms with Crippen LogP contribution in [0.3, 0.4) is 0 Å². The molecule has 0 saturated carbocycles. The Balaban J connectivity index is 2.24. The van der Waals surface area contributed by atoms with Gasteiger partial charge in [-0.05, 0) is 85.5 Å². The molecule has 0 aromatic heterocycles. The molecule has 1 amide bonds. The van der Waals surface area contributed by atoms with Crippen molar-refractivity contribution >= 4 is 5.91 Å². The minimum absolute atomic E-state index is 0.329. The number of amides is 1. The quantitative estimate of drug-likeness (QED) is 0.596. The lowest BCUT2D eigenvalue weighted by atomic mass is 9.72. The standard InChI is InChI=1S/C24H40FN3O/c1-19(2)28(20(3)4)18-14-24(23(26)29,21-11-6-7-12-22(21)25)13-10-17-27-15-8-5-9-16-27/h6-7,11-12,19-20H,5,8-10,13-18H2,1-4H3,(H2,26,29). The zero-order valence-electron chi connectivity index (χ0n) is 18.8. The molecule has 1 aromatic carbocycles. The van der Waals surface area contributed by atoms with Gasteiger partial charge in [0.1, 0.15) is 5.82 Å². The van der Waals surface area contributed by atoms with Crippen molar-refractivity contribution in [3.05, 3.63) is 35.6 Å². The highest BCUT2D eigenvalue weighted by atomic mass is 19.1. The van der Waals surface area contributed by atoms with Crippen LogP contribution >= 0.6 is 0 Å². The van der Waals surface area contributed by atoms with E-state index in [1.165, 1.54) is 25.3 Å². The highest BCUT2D eigenvalue weighted by Gasteiger charge is 2.40. The number of rotatable bonds is 11. The third-order valence-corrected chi connectivity index (χ3v) is 6.51. The molecule has 4 nitrogen and oxygen atoms in total. The van der Waals surface area contributed by atoms with E-state index in [2.05, 4.69) is 37.5 Å². The van der Waals surface area contributed by atoms with Crippen LogP contribution in [0.25, 0.3) is 0 Å². The Bertz CT molecular complexity index is 635. The number of piperidine rings is 1. The fraction of sp³-hybridized carbons (Fsp3) is 0.708. The molecule has 0 bridgehead atoms. The van der Waals surface area contributed by atoms with E-state index < -0.39 is 11.3 Å². The van der Waals surface area contributed by atoms with E-state index >= 15 is 0 Å². The first-order valence-corrected chi connectivity index (χ1v) is 11.3. The smallest absolute Gasteiger partial charge is 0.228 e. The average Bonchev–Trinajstić information content (AvgIpc) is 2.67. The summed E-state index contributed by atoms with van der Waals surface area (Å²) in [4.78, 5) is 17.6. The molecule has 5 heteroatoms. The number of likely N-dealkylation sites (tertiary alicyclic amines) is 1. The average molecular weight is 406 g/mol. The number of nitrogens with two attached hydrogens (primary N) is 1. The van der Waals surface area contributed by atoms with Crippen LogP contribution in [0.15, 0.2) is 24.3 Å². The summed E-state index contributed by atoms with van der Waals surface area (Å²) in [7, 11) is 0. The molecule has 2 rings (SSSR count). The third-order valence-electron chi connectivity index (χ3n) is 6.51. The number of carbonyl (C=O) groups is 1. The van der Waals surface area contributed by atoms with E-state index in [1.807, 2.05) is 6.07 Å². The molecule has 1 aromatic rings. The van der Waals surface area contributed by atoms with E-state index in [0.29, 0.717) is 30.5 Å². The van der Waals surface area contributed by atoms with Crippen LogP contribution in [-0.2, 0) is 10.2 Å². The zero-order chi connectivity index (χ0) is 21.4. The second-order valence-electron chi connectivity index (χ2n) is 9.11. The van der Waals surface area contributed by atoms with Gasteiger partial charge in [-0.2, -0.15) is 0 Å². The van der Waals surface area contributed by atoms with Crippen molar-refractivity contribution in [3.63, 3.8) is 0 Å². The highest BCUT2D eigenvalue weighted by molar-refractivity contribution is 5.86. The van der Waals surface area contributed by atoms with Gasteiger partial charge in [-0.1, -0.05) is 24.6 Å². The minimum atomic E-state index is -0.969. The summed E-state index contributed by atoms with van der Waals surface area (Å²) in [6, 6.07) is 7.39. The number of hydrogen-bond acceptors (Lipinski definition) is 3. The molecule has 0 radical (unpaired) electrons. The van der Waals surface area contributed by atoms with E-state index in [9.17, 15) is 9.18 Å². The Hall–Kier alpha value is -1.46. The molecule has 2 N–H and O–H groups in total. The van der Waals surface area contributed by atoms with Gasteiger partial charge in [-0.3, -0.25) is 9.69 Å². The maximum absolute atomic E-state index is 14.8. The molecular formula is C24H40FN3O. The lowest BCUT2D eigenvalue weighted by molar-refractivity contribution is -0.124. The first-order valence-electron chi connectivity index (χ1n) is 11.3. The van der Waals surface area contributed by atoms with Gasteiger partial charge < -0.3 is 10.6 Å². The van der Waals surface area contributed by atoms with Crippen LogP contribution in [0, 0.1) is 5.82 Å². The van der Waals surface area contributed by atoms with Crippen LogP contribution in [-0.4, -0.2) is 54.0 Å². The maximum Gasteiger partial charge on any atom is 0.228 e. The Labute approximate surface area is 176 Å². The summed E-state index contributed by atoms with van der Waals surface area (Å²) in [5, 5.41) is 0. The summed E-state index contributed by atoms with van der Waals surface area (Å²) < 4.78 is 14.8. The summed E-state index contributed by atoms with van der Waals surface area (Å²) in [6.45, 7) is 12.5. The molecule has 0 aliphatic carbocycles. The Morgan fingerprint density at radius 3 is 2.28 bits per heavy atom. The molecule has 29 heavy (non-hydrogen) atoms. The molecule has 164 valence electrons. The summed E-state index contributed by atoms with van der Waals surface area (Å²) in [6.07, 6.45) is 5.76. The molecule has 1 aliphatic rings. The molecule has 1 fully saturated rings. The highest BCUT2D eigenvalue weighted by Crippen LogP contribution is 2.36. The second kappa shape index (κ2) is 11.1. The van der Waals surface area contributed by atoms with Crippen LogP contribution in [0.4, 0.5) is 4.39 Å². The monoisotopic (exact) mass is 405 g/mol. The number of hydrogen-bond donors (Lipinski definition) is 1. The van der Waals surface area contributed by atoms with Gasteiger partial charge in [0.25, 0.3) is 0 Å². The predicted molar refractivity (Wildman–Crippen MR) is 118 cm³/mol. The molecular weight excluding hydrogens is 365 g/mol. The second-order valence-corrected chi connectivity index (χ2v) is 9.11. The predicted octanol–water partition coefficient (Wildman–Crippen LogP) is 4.32. The Morgan fingerprint density at radius 1 is 1.10 bits per heavy atom. The van der Waals surface area contributed by atoms with Crippen molar-refractivity contribution in [1.29, 1.82) is 0 Å². The van der Waals surface area contributed by atoms with Crippen LogP contribution < -0.4 is 5.73 Å². The molecule has 1 heterocycles. The van der Waals surface area contributed by atoms with Crippen LogP contribution in [0.2, 0.25) is 0 Å². The van der Waals surface area contributed by atoms with E-state index in [4.69, 9.17) is 5.73 Å². The summed E-state index contributed by atoms with van der Waals surface area (Å²) in [5.74, 6) is -0.737. The van der Waals surface area contributed by atoms with Gasteiger partial charge in [-0.15, -0.1) is 0 Å². The largest absolute Gasteiger partial charge is 0.369 e. The van der Waals surface area contributed by atoms with E-state index in [1.54, 1.807) is 12.1 Å². The summed E-state index contributed by atoms with van der Waals surface area (Å²) in [5.41, 5.74) is 5.48. The maximum atomic E-state index is 14.8. The van der Waals surface area contributed by atoms with E-state index in [-0.39, 0.29) is 5.82 Å². The van der Waals surface area contributed by atoms with Gasteiger partial charge >= 0.3 is 0 Å². The van der Waals surface area contributed by atoms with Crippen LogP contribution in [0.5, 0.6) is 0 Å². The molecule has 1 aliphatic heterocycles. The lowest BCUT2D eigenvalue weighted by Crippen LogP contribution is -2.47. The molecule has 1 saturated heterocycles. The number of benzene rings is 1.